The molecule has 0 bridgehead atoms. The Hall–Kier alpha value is -2.53. The van der Waals surface area contributed by atoms with Gasteiger partial charge in [-0.15, -0.1) is 0 Å². The van der Waals surface area contributed by atoms with Crippen LogP contribution in [0.5, 0.6) is 5.75 Å². The first kappa shape index (κ1) is 14.8. The molecule has 0 unspecified atom stereocenters. The largest absolute Gasteiger partial charge is 0.493 e. The van der Waals surface area contributed by atoms with Crippen molar-refractivity contribution in [3.8, 4) is 5.75 Å². The number of halogens is 1. The quantitative estimate of drug-likeness (QED) is 0.675. The topological polar surface area (TPSA) is 46.8 Å². The molecule has 2 aromatic heterocycles. The van der Waals surface area contributed by atoms with E-state index in [1.807, 2.05) is 29.2 Å². The van der Waals surface area contributed by atoms with Gasteiger partial charge in [0.15, 0.2) is 0 Å². The predicted octanol–water partition coefficient (Wildman–Crippen LogP) is 3.07. The van der Waals surface area contributed by atoms with E-state index in [1.165, 1.54) is 5.56 Å². The van der Waals surface area contributed by atoms with Crippen LogP contribution in [-0.4, -0.2) is 39.9 Å². The van der Waals surface area contributed by atoms with Crippen LogP contribution in [0.25, 0.3) is 5.65 Å². The fraction of sp³-hybridized carbons (Fsp3) is 0.263. The average Bonchev–Trinajstić information content (AvgIpc) is 3.01. The molecule has 0 saturated carbocycles. The lowest BCUT2D eigenvalue weighted by Gasteiger charge is -2.51. The highest BCUT2D eigenvalue weighted by Crippen LogP contribution is 2.41. The molecule has 4 heterocycles. The molecule has 25 heavy (non-hydrogen) atoms. The monoisotopic (exact) mass is 353 g/mol. The Morgan fingerprint density at radius 2 is 2.00 bits per heavy atom. The van der Waals surface area contributed by atoms with Gasteiger partial charge in [0.1, 0.15) is 17.1 Å². The van der Waals surface area contributed by atoms with Gasteiger partial charge in [0.05, 0.1) is 11.6 Å². The van der Waals surface area contributed by atoms with Crippen LogP contribution >= 0.6 is 11.6 Å². The van der Waals surface area contributed by atoms with E-state index in [4.69, 9.17) is 16.3 Å². The highest BCUT2D eigenvalue weighted by atomic mass is 35.5. The summed E-state index contributed by atoms with van der Waals surface area (Å²) in [6.45, 7) is 2.07. The number of fused-ring (bicyclic) bond motifs is 2. The zero-order chi connectivity index (χ0) is 17.0. The van der Waals surface area contributed by atoms with Crippen molar-refractivity contribution in [2.24, 2.45) is 5.41 Å². The number of imidazole rings is 1. The van der Waals surface area contributed by atoms with Gasteiger partial charge in [0.25, 0.3) is 5.91 Å². The Balaban J connectivity index is 1.34. The van der Waals surface area contributed by atoms with Crippen molar-refractivity contribution >= 4 is 23.2 Å². The predicted molar refractivity (Wildman–Crippen MR) is 94.2 cm³/mol. The van der Waals surface area contributed by atoms with Crippen LogP contribution in [-0.2, 0) is 6.42 Å². The molecule has 1 amide bonds. The van der Waals surface area contributed by atoms with Gasteiger partial charge < -0.3 is 14.0 Å². The van der Waals surface area contributed by atoms with E-state index in [2.05, 4.69) is 11.1 Å². The van der Waals surface area contributed by atoms with Gasteiger partial charge >= 0.3 is 0 Å². The van der Waals surface area contributed by atoms with Crippen molar-refractivity contribution in [3.63, 3.8) is 0 Å². The van der Waals surface area contributed by atoms with E-state index in [1.54, 1.807) is 22.9 Å². The molecule has 1 saturated heterocycles. The van der Waals surface area contributed by atoms with Gasteiger partial charge in [0.2, 0.25) is 0 Å². The fourth-order valence-corrected chi connectivity index (χ4v) is 3.98. The normalized spacial score (nSPS) is 17.9. The molecule has 6 heteroatoms. The minimum absolute atomic E-state index is 0.0342. The summed E-state index contributed by atoms with van der Waals surface area (Å²) >= 11 is 5.99. The summed E-state index contributed by atoms with van der Waals surface area (Å²) in [5.74, 6) is 0.930. The van der Waals surface area contributed by atoms with Crippen molar-refractivity contribution in [1.82, 2.24) is 14.3 Å². The van der Waals surface area contributed by atoms with Crippen LogP contribution in [0.4, 0.5) is 0 Å². The molecule has 0 aliphatic carbocycles. The summed E-state index contributed by atoms with van der Waals surface area (Å²) < 4.78 is 7.69. The number of carbonyl (C=O) groups excluding carboxylic acids is 1. The molecule has 0 radical (unpaired) electrons. The van der Waals surface area contributed by atoms with Gasteiger partial charge in [0, 0.05) is 30.9 Å². The number of nitrogens with zero attached hydrogens (tertiary/aromatic N) is 3. The maximum atomic E-state index is 12.7. The van der Waals surface area contributed by atoms with Gasteiger partial charge in [-0.2, -0.15) is 0 Å². The minimum atomic E-state index is -0.0377. The first-order chi connectivity index (χ1) is 12.1. The van der Waals surface area contributed by atoms with Crippen LogP contribution in [0.1, 0.15) is 16.1 Å². The second-order valence-corrected chi connectivity index (χ2v) is 7.41. The summed E-state index contributed by atoms with van der Waals surface area (Å²) in [6.07, 6.45) is 4.44. The van der Waals surface area contributed by atoms with Crippen LogP contribution in [0.15, 0.2) is 48.8 Å². The lowest BCUT2D eigenvalue weighted by Crippen LogP contribution is -2.62. The molecule has 126 valence electrons. The third-order valence-corrected chi connectivity index (χ3v) is 5.27. The number of likely N-dealkylation sites (tertiary alicyclic amines) is 1. The van der Waals surface area contributed by atoms with Crippen molar-refractivity contribution in [2.45, 2.75) is 6.42 Å². The van der Waals surface area contributed by atoms with Crippen LogP contribution in [0.3, 0.4) is 0 Å². The van der Waals surface area contributed by atoms with Crippen molar-refractivity contribution < 1.29 is 9.53 Å². The lowest BCUT2D eigenvalue weighted by atomic mass is 9.74. The number of rotatable bonds is 1. The summed E-state index contributed by atoms with van der Waals surface area (Å²) in [7, 11) is 0. The van der Waals surface area contributed by atoms with Crippen molar-refractivity contribution in [3.05, 3.63) is 65.1 Å². The Labute approximate surface area is 149 Å². The number of aromatic nitrogens is 2. The molecule has 5 rings (SSSR count). The number of amides is 1. The second kappa shape index (κ2) is 5.23. The van der Waals surface area contributed by atoms with Gasteiger partial charge in [-0.3, -0.25) is 4.79 Å². The Kier molecular flexibility index (Phi) is 3.09. The molecule has 1 fully saturated rings. The zero-order valence-electron chi connectivity index (χ0n) is 13.5. The second-order valence-electron chi connectivity index (χ2n) is 6.97. The SMILES string of the molecule is O=C(c1cn2cc(Cl)ccc2n1)N1CC2(COc3ccccc3C2)C1. The van der Waals surface area contributed by atoms with Crippen LogP contribution in [0, 0.1) is 5.41 Å². The Morgan fingerprint density at radius 1 is 1.16 bits per heavy atom. The van der Waals surface area contributed by atoms with Gasteiger partial charge in [-0.1, -0.05) is 29.8 Å². The maximum absolute atomic E-state index is 12.7. The summed E-state index contributed by atoms with van der Waals surface area (Å²) in [5, 5.41) is 0.616. The van der Waals surface area contributed by atoms with E-state index >= 15 is 0 Å². The molecule has 3 aromatic rings. The number of pyridine rings is 1. The van der Waals surface area contributed by atoms with Crippen LogP contribution in [0.2, 0.25) is 5.02 Å². The molecule has 0 atom stereocenters. The van der Waals surface area contributed by atoms with E-state index in [0.717, 1.165) is 17.8 Å². The molecular formula is C19H16ClN3O2. The van der Waals surface area contributed by atoms with E-state index in [0.29, 0.717) is 30.4 Å². The molecule has 1 spiro atoms. The van der Waals surface area contributed by atoms with Gasteiger partial charge in [-0.05, 0) is 30.2 Å². The molecule has 1 aromatic carbocycles. The number of carbonyl (C=O) groups is 1. The van der Waals surface area contributed by atoms with Crippen molar-refractivity contribution in [2.75, 3.05) is 19.7 Å². The van der Waals surface area contributed by atoms with E-state index in [-0.39, 0.29) is 11.3 Å². The fourth-order valence-electron chi connectivity index (χ4n) is 3.82. The number of benzene rings is 1. The number of hydrogen-bond acceptors (Lipinski definition) is 3. The molecule has 5 nitrogen and oxygen atoms in total. The third kappa shape index (κ3) is 2.38. The first-order valence-electron chi connectivity index (χ1n) is 8.26. The highest BCUT2D eigenvalue weighted by Gasteiger charge is 2.48. The smallest absolute Gasteiger partial charge is 0.274 e. The number of hydrogen-bond donors (Lipinski definition) is 0. The number of para-hydroxylation sites is 1. The van der Waals surface area contributed by atoms with Crippen molar-refractivity contribution in [1.29, 1.82) is 0 Å². The third-order valence-electron chi connectivity index (χ3n) is 5.05. The Bertz CT molecular complexity index is 991. The summed E-state index contributed by atoms with van der Waals surface area (Å²) in [5.41, 5.74) is 2.43. The lowest BCUT2D eigenvalue weighted by molar-refractivity contribution is -0.0293. The maximum Gasteiger partial charge on any atom is 0.274 e. The number of ether oxygens (including phenoxy) is 1. The highest BCUT2D eigenvalue weighted by molar-refractivity contribution is 6.30. The Morgan fingerprint density at radius 3 is 2.88 bits per heavy atom. The standard InChI is InChI=1S/C19H16ClN3O2/c20-14-5-6-17-21-15(9-22(17)8-14)18(24)23-10-19(11-23)7-13-3-1-2-4-16(13)25-12-19/h1-6,8-9H,7,10-12H2. The minimum Gasteiger partial charge on any atom is -0.493 e. The van der Waals surface area contributed by atoms with E-state index in [9.17, 15) is 4.79 Å². The molecule has 2 aliphatic heterocycles. The molecule has 0 N–H and O–H groups in total. The average molecular weight is 354 g/mol. The summed E-state index contributed by atoms with van der Waals surface area (Å²) in [4.78, 5) is 19.0. The van der Waals surface area contributed by atoms with Crippen LogP contribution < -0.4 is 4.74 Å². The molecule has 2 aliphatic rings. The van der Waals surface area contributed by atoms with E-state index < -0.39 is 0 Å². The zero-order valence-corrected chi connectivity index (χ0v) is 14.2. The summed E-state index contributed by atoms with van der Waals surface area (Å²) in [6, 6.07) is 11.7. The molecular weight excluding hydrogens is 338 g/mol. The first-order valence-corrected chi connectivity index (χ1v) is 8.64. The van der Waals surface area contributed by atoms with Gasteiger partial charge in [-0.25, -0.2) is 4.98 Å².